The molecule has 2 fully saturated rings. The van der Waals surface area contributed by atoms with Crippen molar-refractivity contribution >= 4 is 17.0 Å². The molecule has 0 radical (unpaired) electrons. The van der Waals surface area contributed by atoms with Gasteiger partial charge in [-0.05, 0) is 17.5 Å². The Morgan fingerprint density at radius 3 is 2.64 bits per heavy atom. The van der Waals surface area contributed by atoms with Crippen LogP contribution in [0.5, 0.6) is 6.01 Å². The second-order valence-corrected chi connectivity index (χ2v) is 8.98. The first-order valence-corrected chi connectivity index (χ1v) is 11.6. The number of anilines is 1. The molecule has 2 aliphatic heterocycles. The highest BCUT2D eigenvalue weighted by molar-refractivity contribution is 5.81. The highest BCUT2D eigenvalue weighted by Gasteiger charge is 2.44. The third-order valence-electron chi connectivity index (χ3n) is 6.29. The van der Waals surface area contributed by atoms with Gasteiger partial charge in [-0.2, -0.15) is 9.97 Å². The summed E-state index contributed by atoms with van der Waals surface area (Å²) >= 11 is 0. The van der Waals surface area contributed by atoms with E-state index in [4.69, 9.17) is 15.2 Å². The molecule has 4 N–H and O–H groups in total. The monoisotopic (exact) mass is 453 g/mol. The summed E-state index contributed by atoms with van der Waals surface area (Å²) in [7, 11) is 0. The molecule has 4 heterocycles. The highest BCUT2D eigenvalue weighted by Crippen LogP contribution is 2.28. The molecule has 0 bridgehead atoms. The van der Waals surface area contributed by atoms with E-state index in [1.807, 2.05) is 0 Å². The molecule has 0 atom stereocenters. The Labute approximate surface area is 192 Å². The van der Waals surface area contributed by atoms with Gasteiger partial charge in [0.1, 0.15) is 11.1 Å². The molecule has 0 saturated carbocycles. The molecule has 10 heteroatoms. The second-order valence-electron chi connectivity index (χ2n) is 8.98. The van der Waals surface area contributed by atoms with Gasteiger partial charge in [-0.15, -0.1) is 0 Å². The Bertz CT molecular complexity index is 1160. The number of imidazole rings is 1. The van der Waals surface area contributed by atoms with Gasteiger partial charge >= 0.3 is 11.7 Å². The van der Waals surface area contributed by atoms with Crippen molar-refractivity contribution in [1.82, 2.24) is 29.7 Å². The number of H-pyrrole nitrogens is 1. The number of nitrogens with zero attached hydrogens (tertiary/aromatic N) is 4. The fourth-order valence-electron chi connectivity index (χ4n) is 4.53. The minimum Gasteiger partial charge on any atom is -0.463 e. The predicted molar refractivity (Wildman–Crippen MR) is 125 cm³/mol. The number of nitrogens with one attached hydrogen (secondary N) is 2. The maximum atomic E-state index is 12.6. The number of morpholine rings is 1. The lowest BCUT2D eigenvalue weighted by Gasteiger charge is -2.51. The van der Waals surface area contributed by atoms with Gasteiger partial charge in [-0.3, -0.25) is 9.47 Å². The van der Waals surface area contributed by atoms with Gasteiger partial charge in [-0.1, -0.05) is 37.6 Å². The van der Waals surface area contributed by atoms with Crippen LogP contribution in [0.25, 0.3) is 11.2 Å². The SMILES string of the molecule is CCCCOc1nc(N)c2[nH]c(=O)n(Cc3ccc(CN4CC5(CNCCO5)C4)cc3)c2n1. The zero-order valence-electron chi connectivity index (χ0n) is 19.0. The number of aromatic nitrogens is 4. The second kappa shape index (κ2) is 9.12. The minimum absolute atomic E-state index is 0.00247. The van der Waals surface area contributed by atoms with Gasteiger partial charge in [-0.25, -0.2) is 4.79 Å². The number of aromatic amines is 1. The van der Waals surface area contributed by atoms with Crippen molar-refractivity contribution in [1.29, 1.82) is 0 Å². The summed E-state index contributed by atoms with van der Waals surface area (Å²) < 4.78 is 13.2. The maximum Gasteiger partial charge on any atom is 0.328 e. The van der Waals surface area contributed by atoms with Crippen molar-refractivity contribution in [3.05, 3.63) is 45.9 Å². The summed E-state index contributed by atoms with van der Waals surface area (Å²) in [5, 5.41) is 3.42. The van der Waals surface area contributed by atoms with Gasteiger partial charge in [0, 0.05) is 32.7 Å². The zero-order valence-corrected chi connectivity index (χ0v) is 19.0. The van der Waals surface area contributed by atoms with Crippen LogP contribution in [0.15, 0.2) is 29.1 Å². The molecule has 176 valence electrons. The molecule has 2 aromatic heterocycles. The van der Waals surface area contributed by atoms with Crippen LogP contribution in [-0.2, 0) is 17.8 Å². The first-order valence-electron chi connectivity index (χ1n) is 11.6. The zero-order chi connectivity index (χ0) is 22.8. The first-order chi connectivity index (χ1) is 16.0. The molecule has 1 aromatic carbocycles. The Kier molecular flexibility index (Phi) is 6.05. The Morgan fingerprint density at radius 2 is 1.94 bits per heavy atom. The summed E-state index contributed by atoms with van der Waals surface area (Å²) in [6, 6.07) is 8.53. The lowest BCUT2D eigenvalue weighted by molar-refractivity contribution is -0.158. The number of likely N-dealkylation sites (tertiary alicyclic amines) is 1. The summed E-state index contributed by atoms with van der Waals surface area (Å²) in [5.74, 6) is 0.210. The standard InChI is InChI=1S/C23H31N7O3/c1-2-3-9-32-21-27-19(24)18-20(28-21)30(22(31)26-18)12-17-6-4-16(5-7-17)11-29-14-23(15-29)13-25-8-10-33-23/h4-7,25H,2-3,8-15H2,1H3,(H,26,31)(H2,24,27,28). The number of unbranched alkanes of at least 4 members (excludes halogenated alkanes) is 1. The quantitative estimate of drug-likeness (QED) is 0.434. The van der Waals surface area contributed by atoms with Gasteiger partial charge in [0.15, 0.2) is 11.5 Å². The van der Waals surface area contributed by atoms with E-state index in [1.165, 1.54) is 5.56 Å². The van der Waals surface area contributed by atoms with Crippen molar-refractivity contribution < 1.29 is 9.47 Å². The summed E-state index contributed by atoms with van der Waals surface area (Å²) in [4.78, 5) is 26.4. The molecule has 0 aliphatic carbocycles. The number of hydrogen-bond donors (Lipinski definition) is 3. The Balaban J connectivity index is 1.26. The van der Waals surface area contributed by atoms with Gasteiger partial charge in [0.25, 0.3) is 0 Å². The van der Waals surface area contributed by atoms with Gasteiger partial charge in [0.2, 0.25) is 0 Å². The van der Waals surface area contributed by atoms with E-state index < -0.39 is 0 Å². The normalized spacial score (nSPS) is 18.0. The van der Waals surface area contributed by atoms with Crippen LogP contribution in [-0.4, -0.2) is 69.4 Å². The molecule has 2 aliphatic rings. The van der Waals surface area contributed by atoms with Crippen LogP contribution < -0.4 is 21.5 Å². The van der Waals surface area contributed by atoms with Crippen molar-refractivity contribution in [3.63, 3.8) is 0 Å². The van der Waals surface area contributed by atoms with E-state index >= 15 is 0 Å². The van der Waals surface area contributed by atoms with Crippen LogP contribution in [0.4, 0.5) is 5.82 Å². The number of ether oxygens (including phenoxy) is 2. The topological polar surface area (TPSA) is 123 Å². The third kappa shape index (κ3) is 4.59. The molecular weight excluding hydrogens is 422 g/mol. The van der Waals surface area contributed by atoms with Gasteiger partial charge in [0.05, 0.1) is 19.8 Å². The van der Waals surface area contributed by atoms with Crippen molar-refractivity contribution in [2.24, 2.45) is 0 Å². The highest BCUT2D eigenvalue weighted by atomic mass is 16.5. The summed E-state index contributed by atoms with van der Waals surface area (Å²) in [5.41, 5.74) is 8.90. The number of rotatable bonds is 8. The molecule has 3 aromatic rings. The lowest BCUT2D eigenvalue weighted by Crippen LogP contribution is -2.69. The van der Waals surface area contributed by atoms with Crippen LogP contribution in [0.1, 0.15) is 30.9 Å². The lowest BCUT2D eigenvalue weighted by atomic mass is 9.92. The first kappa shape index (κ1) is 21.9. The molecular formula is C23H31N7O3. The number of hydrogen-bond acceptors (Lipinski definition) is 8. The molecule has 0 unspecified atom stereocenters. The van der Waals surface area contributed by atoms with Crippen molar-refractivity contribution in [2.75, 3.05) is 45.1 Å². The average molecular weight is 454 g/mol. The number of benzene rings is 1. The smallest absolute Gasteiger partial charge is 0.328 e. The molecule has 10 nitrogen and oxygen atoms in total. The Morgan fingerprint density at radius 1 is 1.18 bits per heavy atom. The van der Waals surface area contributed by atoms with Crippen LogP contribution >= 0.6 is 0 Å². The van der Waals surface area contributed by atoms with Crippen LogP contribution in [0, 0.1) is 0 Å². The van der Waals surface area contributed by atoms with E-state index in [0.29, 0.717) is 24.3 Å². The van der Waals surface area contributed by atoms with Crippen LogP contribution in [0.2, 0.25) is 0 Å². The van der Waals surface area contributed by atoms with Gasteiger partial charge < -0.3 is 25.5 Å². The minimum atomic E-state index is -0.271. The third-order valence-corrected chi connectivity index (χ3v) is 6.29. The largest absolute Gasteiger partial charge is 0.463 e. The molecule has 1 spiro atoms. The number of nitrogens with two attached hydrogens (primary N) is 1. The van der Waals surface area contributed by atoms with E-state index in [0.717, 1.165) is 57.7 Å². The molecule has 0 amide bonds. The maximum absolute atomic E-state index is 12.6. The van der Waals surface area contributed by atoms with E-state index in [9.17, 15) is 4.79 Å². The van der Waals surface area contributed by atoms with Crippen molar-refractivity contribution in [2.45, 2.75) is 38.5 Å². The van der Waals surface area contributed by atoms with E-state index in [1.54, 1.807) is 4.57 Å². The predicted octanol–water partition coefficient (Wildman–Crippen LogP) is 1.10. The summed E-state index contributed by atoms with van der Waals surface area (Å²) in [6.45, 7) is 8.44. The molecule has 2 saturated heterocycles. The molecule has 33 heavy (non-hydrogen) atoms. The van der Waals surface area contributed by atoms with E-state index in [-0.39, 0.29) is 23.1 Å². The van der Waals surface area contributed by atoms with E-state index in [2.05, 4.69) is 56.4 Å². The van der Waals surface area contributed by atoms with Crippen molar-refractivity contribution in [3.8, 4) is 6.01 Å². The fourth-order valence-corrected chi connectivity index (χ4v) is 4.53. The fraction of sp³-hybridized carbons (Fsp3) is 0.522. The number of fused-ring (bicyclic) bond motifs is 1. The average Bonchev–Trinajstić information content (AvgIpc) is 3.11. The molecule has 5 rings (SSSR count). The summed E-state index contributed by atoms with van der Waals surface area (Å²) in [6.07, 6.45) is 1.90. The Hall–Kier alpha value is -2.95. The number of nitrogen functional groups attached to an aromatic ring is 1. The van der Waals surface area contributed by atoms with Crippen LogP contribution in [0.3, 0.4) is 0 Å².